The Hall–Kier alpha value is -6.30. The van der Waals surface area contributed by atoms with Crippen molar-refractivity contribution in [1.82, 2.24) is 31.9 Å². The zero-order chi connectivity index (χ0) is 66.4. The Balaban J connectivity index is 1.25. The molecule has 4 rings (SSSR count). The molecule has 8 atom stereocenters. The van der Waals surface area contributed by atoms with E-state index in [0.29, 0.717) is 55.5 Å². The highest BCUT2D eigenvalue weighted by Crippen LogP contribution is 2.45. The van der Waals surface area contributed by atoms with Crippen LogP contribution >= 0.6 is 11.6 Å². The number of rotatable bonds is 37. The summed E-state index contributed by atoms with van der Waals surface area (Å²) in [6.07, 6.45) is 1.72. The highest BCUT2D eigenvalue weighted by atomic mass is 35.5. The Labute approximate surface area is 533 Å². The van der Waals surface area contributed by atoms with Crippen LogP contribution in [0.15, 0.2) is 54.6 Å². The van der Waals surface area contributed by atoms with Gasteiger partial charge < -0.3 is 75.5 Å². The van der Waals surface area contributed by atoms with Crippen LogP contribution in [0.25, 0.3) is 0 Å². The van der Waals surface area contributed by atoms with Gasteiger partial charge in [0.1, 0.15) is 30.0 Å². The number of carbonyl (C=O) groups is 8. The molecule has 1 saturated heterocycles. The molecule has 0 radical (unpaired) electrons. The van der Waals surface area contributed by atoms with Crippen LogP contribution in [0.3, 0.4) is 0 Å². The van der Waals surface area contributed by atoms with E-state index >= 15 is 0 Å². The van der Waals surface area contributed by atoms with Crippen LogP contribution in [0.2, 0.25) is 5.02 Å². The summed E-state index contributed by atoms with van der Waals surface area (Å²) in [5.41, 5.74) is 7.09. The molecule has 0 aromatic heterocycles. The summed E-state index contributed by atoms with van der Waals surface area (Å²) in [6, 6.07) is 9.68. The van der Waals surface area contributed by atoms with Gasteiger partial charge in [-0.05, 0) is 86.3 Å². The maximum atomic E-state index is 14.0. The molecule has 9 N–H and O–H groups in total. The van der Waals surface area contributed by atoms with Gasteiger partial charge in [-0.25, -0.2) is 4.79 Å². The number of carbonyl (C=O) groups excluding carboxylic acids is 8. The summed E-state index contributed by atoms with van der Waals surface area (Å²) in [4.78, 5) is 106. The first kappa shape index (κ1) is 76.2. The number of benzene rings is 2. The Morgan fingerprint density at radius 1 is 0.800 bits per heavy atom. The maximum absolute atomic E-state index is 14.0. The van der Waals surface area contributed by atoms with Gasteiger partial charge in [0.15, 0.2) is 6.10 Å². The van der Waals surface area contributed by atoms with Crippen LogP contribution in [-0.4, -0.2) is 182 Å². The standard InChI is InChI=1S/C62H94ClN7O19S/c1-39(2)34-50-60(77)87-48(13-11-14-53(73)69-47(36-43-17-20-49(82-8)45(63)35-43)58(75)68-38-62(6,7)61(78)88-50)41(5)55-56(89-55)44-18-15-42(16-19-44)37-67-57(74)46(70-59(76)54(64)40(3)4)12-9-10-23-65-51(71)21-25-83-27-29-85-31-32-86-30-28-84-26-22-52(72)66-24-33-90(79,80)81/h11,14-20,35,39-41,46-48,50,54-56H,9-10,12-13,21-34,36-38,64H2,1-8H3,(H,65,71)(H,66,72)(H,67,74)(H,68,75)(H,69,73)(H,70,76)(H,79,80,81)/b14-11-/t41-,46-,47+,48-,50-,54-,55+,56+/m0/s1. The van der Waals surface area contributed by atoms with Gasteiger partial charge in [-0.2, -0.15) is 8.42 Å². The quantitative estimate of drug-likeness (QED) is 0.0208. The van der Waals surface area contributed by atoms with E-state index in [1.54, 1.807) is 38.1 Å². The lowest BCUT2D eigenvalue weighted by Gasteiger charge is -2.29. The van der Waals surface area contributed by atoms with Gasteiger partial charge in [0.2, 0.25) is 35.4 Å². The molecule has 90 heavy (non-hydrogen) atoms. The first-order valence-electron chi connectivity index (χ1n) is 30.5. The van der Waals surface area contributed by atoms with Gasteiger partial charge in [-0.1, -0.05) is 82.6 Å². The van der Waals surface area contributed by atoms with E-state index in [4.69, 9.17) is 59.8 Å². The Morgan fingerprint density at radius 3 is 1.98 bits per heavy atom. The number of nitrogens with one attached hydrogen (secondary N) is 6. The summed E-state index contributed by atoms with van der Waals surface area (Å²) >= 11 is 6.39. The van der Waals surface area contributed by atoms with E-state index in [-0.39, 0.29) is 115 Å². The van der Waals surface area contributed by atoms with Crippen molar-refractivity contribution in [3.8, 4) is 5.75 Å². The molecule has 2 heterocycles. The number of ether oxygens (including phenoxy) is 8. The van der Waals surface area contributed by atoms with Gasteiger partial charge in [0.25, 0.3) is 10.1 Å². The summed E-state index contributed by atoms with van der Waals surface area (Å²) < 4.78 is 75.3. The third-order valence-corrected chi connectivity index (χ3v) is 15.7. The number of methoxy groups -OCH3 is 1. The van der Waals surface area contributed by atoms with Gasteiger partial charge in [0, 0.05) is 57.8 Å². The Kier molecular flexibility index (Phi) is 33.2. The van der Waals surface area contributed by atoms with E-state index in [1.165, 1.54) is 13.2 Å². The highest BCUT2D eigenvalue weighted by molar-refractivity contribution is 7.85. The average molecular weight is 1310 g/mol. The lowest BCUT2D eigenvalue weighted by atomic mass is 9.92. The van der Waals surface area contributed by atoms with Crippen molar-refractivity contribution in [2.24, 2.45) is 28.9 Å². The van der Waals surface area contributed by atoms with Gasteiger partial charge >= 0.3 is 11.9 Å². The molecule has 28 heteroatoms. The fourth-order valence-corrected chi connectivity index (χ4v) is 9.73. The molecule has 2 aliphatic rings. The monoisotopic (exact) mass is 1310 g/mol. The smallest absolute Gasteiger partial charge is 0.347 e. The van der Waals surface area contributed by atoms with Crippen molar-refractivity contribution in [2.75, 3.05) is 85.4 Å². The second-order valence-corrected chi connectivity index (χ2v) is 25.6. The first-order valence-corrected chi connectivity index (χ1v) is 32.5. The van der Waals surface area contributed by atoms with Crippen LogP contribution < -0.4 is 42.4 Å². The molecular formula is C62H94ClN7O19S. The molecule has 2 aliphatic heterocycles. The topological polar surface area (TPSA) is 366 Å². The number of nitrogens with two attached hydrogens (primary N) is 1. The van der Waals surface area contributed by atoms with Crippen molar-refractivity contribution >= 4 is 69.1 Å². The van der Waals surface area contributed by atoms with E-state index < -0.39 is 105 Å². The molecule has 0 aliphatic carbocycles. The number of halogens is 1. The van der Waals surface area contributed by atoms with Crippen LogP contribution in [0, 0.1) is 23.2 Å². The molecule has 6 amide bonds. The number of hydrogen-bond donors (Lipinski definition) is 8. The van der Waals surface area contributed by atoms with Crippen LogP contribution in [-0.2, 0) is 94.6 Å². The second-order valence-electron chi connectivity index (χ2n) is 23.6. The minimum absolute atomic E-state index is 0.0326. The number of esters is 2. The van der Waals surface area contributed by atoms with Gasteiger partial charge in [-0.3, -0.25) is 38.1 Å². The number of cyclic esters (lactones) is 2. The van der Waals surface area contributed by atoms with Crippen molar-refractivity contribution in [3.63, 3.8) is 0 Å². The molecule has 2 aromatic rings. The van der Waals surface area contributed by atoms with Gasteiger partial charge in [0.05, 0.1) is 88.3 Å². The predicted octanol–water partition coefficient (Wildman–Crippen LogP) is 3.35. The summed E-state index contributed by atoms with van der Waals surface area (Å²) in [6.45, 7) is 14.6. The molecule has 1 fully saturated rings. The Bertz CT molecular complexity index is 2790. The lowest BCUT2D eigenvalue weighted by Crippen LogP contribution is -2.52. The van der Waals surface area contributed by atoms with E-state index in [9.17, 15) is 46.8 Å². The highest BCUT2D eigenvalue weighted by Gasteiger charge is 2.48. The third-order valence-electron chi connectivity index (χ3n) is 14.7. The molecular weight excluding hydrogens is 1210 g/mol. The zero-order valence-corrected chi connectivity index (χ0v) is 54.6. The molecule has 0 bridgehead atoms. The number of amides is 6. The van der Waals surface area contributed by atoms with Crippen LogP contribution in [0.1, 0.15) is 116 Å². The molecule has 504 valence electrons. The van der Waals surface area contributed by atoms with Crippen LogP contribution in [0.4, 0.5) is 0 Å². The second kappa shape index (κ2) is 39.2. The number of unbranched alkanes of at least 4 members (excludes halogenated alkanes) is 1. The third kappa shape index (κ3) is 28.9. The van der Waals surface area contributed by atoms with E-state index in [2.05, 4.69) is 31.9 Å². The average Bonchev–Trinajstić information content (AvgIpc) is 2.09. The predicted molar refractivity (Wildman–Crippen MR) is 332 cm³/mol. The van der Waals surface area contributed by atoms with Crippen molar-refractivity contribution in [1.29, 1.82) is 0 Å². The van der Waals surface area contributed by atoms with Gasteiger partial charge in [-0.15, -0.1) is 0 Å². The van der Waals surface area contributed by atoms with Crippen molar-refractivity contribution < 1.29 is 89.2 Å². The fraction of sp³-hybridized carbons (Fsp3) is 0.645. The van der Waals surface area contributed by atoms with E-state index in [1.807, 2.05) is 58.9 Å². The Morgan fingerprint density at radius 2 is 1.40 bits per heavy atom. The SMILES string of the molecule is COc1ccc(C[C@H]2NC(=O)/C=C\C[C@@H]([C@H](C)[C@H]3O[C@@H]3c3ccc(CNC(=O)[C@H](CCCCNC(=O)CCOCCOCCOCCOCCC(=O)NCCS(=O)(=O)O)NC(=O)[C@@H](N)C(C)C)cc3)OC(=O)[C@H](CC(C)C)OC(=O)C(C)(C)CNC2=O)cc1Cl. The van der Waals surface area contributed by atoms with E-state index in [0.717, 1.165) is 11.1 Å². The minimum atomic E-state index is -4.14. The molecule has 2 aromatic carbocycles. The first-order chi connectivity index (χ1) is 42.7. The number of epoxide rings is 1. The summed E-state index contributed by atoms with van der Waals surface area (Å²) in [5, 5.41) is 16.8. The fourth-order valence-electron chi connectivity index (χ4n) is 9.09. The molecule has 0 unspecified atom stereocenters. The normalized spacial score (nSPS) is 20.3. The van der Waals surface area contributed by atoms with Crippen LogP contribution in [0.5, 0.6) is 5.75 Å². The summed E-state index contributed by atoms with van der Waals surface area (Å²) in [5.74, 6) is -4.87. The van der Waals surface area contributed by atoms with Crippen molar-refractivity contribution in [3.05, 3.63) is 76.3 Å². The largest absolute Gasteiger partial charge is 0.495 e. The number of hydrogen-bond acceptors (Lipinski definition) is 19. The minimum Gasteiger partial charge on any atom is -0.495 e. The molecule has 0 spiro atoms. The summed E-state index contributed by atoms with van der Waals surface area (Å²) in [7, 11) is -2.66. The lowest BCUT2D eigenvalue weighted by molar-refractivity contribution is -0.179. The maximum Gasteiger partial charge on any atom is 0.347 e. The van der Waals surface area contributed by atoms with Crippen molar-refractivity contribution in [2.45, 2.75) is 149 Å². The molecule has 0 saturated carbocycles. The molecule has 26 nitrogen and oxygen atoms in total. The zero-order valence-electron chi connectivity index (χ0n) is 53.0.